The lowest BCUT2D eigenvalue weighted by atomic mass is 9.80. The Bertz CT molecular complexity index is 623. The summed E-state index contributed by atoms with van der Waals surface area (Å²) in [6, 6.07) is 7.24. The highest BCUT2D eigenvalue weighted by molar-refractivity contribution is 5.61. The Balaban J connectivity index is 1.61. The van der Waals surface area contributed by atoms with Gasteiger partial charge in [0.25, 0.3) is 0 Å². The molecule has 1 aromatic heterocycles. The Hall–Kier alpha value is -1.61. The van der Waals surface area contributed by atoms with Gasteiger partial charge < -0.3 is 10.7 Å². The lowest BCUT2D eigenvalue weighted by Gasteiger charge is -2.30. The number of fused-ring (bicyclic) bond motifs is 1. The van der Waals surface area contributed by atoms with Crippen LogP contribution in [0.3, 0.4) is 0 Å². The number of H-pyrrole nitrogens is 1. The van der Waals surface area contributed by atoms with Crippen LogP contribution in [0.25, 0.3) is 11.3 Å². The second-order valence-corrected chi connectivity index (χ2v) is 6.30. The van der Waals surface area contributed by atoms with Gasteiger partial charge in [-0.1, -0.05) is 12.1 Å². The topological polar surface area (TPSA) is 54.7 Å². The normalized spacial score (nSPS) is 25.1. The molecule has 1 heterocycles. The molecule has 0 atom stereocenters. The van der Waals surface area contributed by atoms with Crippen LogP contribution >= 0.6 is 0 Å². The molecule has 0 radical (unpaired) electrons. The fourth-order valence-electron chi connectivity index (χ4n) is 3.48. The molecular weight excluding hydrogens is 246 g/mol. The number of aromatic nitrogens is 2. The number of imidazole rings is 1. The van der Waals surface area contributed by atoms with E-state index in [0.717, 1.165) is 24.4 Å². The van der Waals surface area contributed by atoms with Gasteiger partial charge in [-0.3, -0.25) is 0 Å². The second-order valence-electron chi connectivity index (χ2n) is 6.30. The minimum absolute atomic E-state index is 0.372. The maximum Gasteiger partial charge on any atom is 0.109 e. The van der Waals surface area contributed by atoms with Crippen molar-refractivity contribution in [2.45, 2.75) is 50.5 Å². The van der Waals surface area contributed by atoms with E-state index in [1.165, 1.54) is 42.4 Å². The van der Waals surface area contributed by atoms with Crippen LogP contribution in [-0.4, -0.2) is 16.0 Å². The van der Waals surface area contributed by atoms with Gasteiger partial charge in [-0.05, 0) is 61.3 Å². The van der Waals surface area contributed by atoms with E-state index in [1.54, 1.807) is 0 Å². The maximum atomic E-state index is 5.86. The standard InChI is InChI=1S/C17H21N3/c18-15-8-14(9-15)17-19-10-16(20-17)13-6-5-11-3-1-2-4-12(11)7-13/h5-7,10,14-15H,1-4,8-9,18H2,(H,19,20). The molecule has 1 aromatic carbocycles. The molecule has 1 fully saturated rings. The molecule has 1 saturated carbocycles. The highest BCUT2D eigenvalue weighted by Crippen LogP contribution is 2.35. The van der Waals surface area contributed by atoms with Crippen LogP contribution in [0.15, 0.2) is 24.4 Å². The summed E-state index contributed by atoms with van der Waals surface area (Å²) in [5, 5.41) is 0. The SMILES string of the molecule is NC1CC(c2ncc(-c3ccc4c(c3)CCCC4)[nH]2)C1. The van der Waals surface area contributed by atoms with E-state index in [1.807, 2.05) is 6.20 Å². The average Bonchev–Trinajstić information content (AvgIpc) is 2.93. The Kier molecular flexibility index (Phi) is 2.88. The van der Waals surface area contributed by atoms with Crippen LogP contribution in [0.5, 0.6) is 0 Å². The van der Waals surface area contributed by atoms with E-state index in [-0.39, 0.29) is 0 Å². The summed E-state index contributed by atoms with van der Waals surface area (Å²) >= 11 is 0. The molecular formula is C17H21N3. The second kappa shape index (κ2) is 4.74. The first kappa shape index (κ1) is 12.2. The number of benzene rings is 1. The molecule has 2 aliphatic rings. The fraction of sp³-hybridized carbons (Fsp3) is 0.471. The van der Waals surface area contributed by atoms with E-state index in [4.69, 9.17) is 5.73 Å². The molecule has 2 aliphatic carbocycles. The zero-order chi connectivity index (χ0) is 13.5. The van der Waals surface area contributed by atoms with Crippen LogP contribution in [0, 0.1) is 0 Å². The predicted molar refractivity (Wildman–Crippen MR) is 80.6 cm³/mol. The molecule has 0 unspecified atom stereocenters. The van der Waals surface area contributed by atoms with Gasteiger partial charge in [0.05, 0.1) is 11.9 Å². The molecule has 4 rings (SSSR count). The number of hydrogen-bond acceptors (Lipinski definition) is 2. The average molecular weight is 267 g/mol. The van der Waals surface area contributed by atoms with Crippen molar-refractivity contribution in [2.24, 2.45) is 5.73 Å². The van der Waals surface area contributed by atoms with Crippen molar-refractivity contribution in [2.75, 3.05) is 0 Å². The third kappa shape index (κ3) is 2.06. The molecule has 0 saturated heterocycles. The highest BCUT2D eigenvalue weighted by Gasteiger charge is 2.29. The molecule has 2 aromatic rings. The lowest BCUT2D eigenvalue weighted by Crippen LogP contribution is -2.35. The van der Waals surface area contributed by atoms with E-state index in [9.17, 15) is 0 Å². The van der Waals surface area contributed by atoms with Gasteiger partial charge in [-0.25, -0.2) is 4.98 Å². The van der Waals surface area contributed by atoms with Crippen LogP contribution in [0.1, 0.15) is 48.6 Å². The van der Waals surface area contributed by atoms with E-state index >= 15 is 0 Å². The zero-order valence-corrected chi connectivity index (χ0v) is 11.7. The molecule has 20 heavy (non-hydrogen) atoms. The van der Waals surface area contributed by atoms with Gasteiger partial charge in [0.15, 0.2) is 0 Å². The van der Waals surface area contributed by atoms with E-state index < -0.39 is 0 Å². The van der Waals surface area contributed by atoms with Crippen molar-refractivity contribution in [3.8, 4) is 11.3 Å². The van der Waals surface area contributed by atoms with Gasteiger partial charge in [0, 0.05) is 12.0 Å². The Morgan fingerprint density at radius 1 is 1.10 bits per heavy atom. The minimum Gasteiger partial charge on any atom is -0.342 e. The molecule has 0 aliphatic heterocycles. The number of nitrogens with one attached hydrogen (secondary N) is 1. The summed E-state index contributed by atoms with van der Waals surface area (Å²) < 4.78 is 0. The third-order valence-corrected chi connectivity index (χ3v) is 4.82. The Morgan fingerprint density at radius 2 is 1.90 bits per heavy atom. The van der Waals surface area contributed by atoms with Crippen molar-refractivity contribution in [3.63, 3.8) is 0 Å². The summed E-state index contributed by atoms with van der Waals surface area (Å²) in [4.78, 5) is 8.04. The van der Waals surface area contributed by atoms with E-state index in [0.29, 0.717) is 12.0 Å². The monoisotopic (exact) mass is 267 g/mol. The van der Waals surface area contributed by atoms with E-state index in [2.05, 4.69) is 28.2 Å². The smallest absolute Gasteiger partial charge is 0.109 e. The van der Waals surface area contributed by atoms with Crippen molar-refractivity contribution in [3.05, 3.63) is 41.3 Å². The van der Waals surface area contributed by atoms with Gasteiger partial charge in [0.2, 0.25) is 0 Å². The number of rotatable bonds is 2. The first-order chi connectivity index (χ1) is 9.79. The summed E-state index contributed by atoms with van der Waals surface area (Å²) in [7, 11) is 0. The van der Waals surface area contributed by atoms with Crippen LogP contribution in [0.2, 0.25) is 0 Å². The molecule has 3 nitrogen and oxygen atoms in total. The molecule has 104 valence electrons. The molecule has 0 amide bonds. The Morgan fingerprint density at radius 3 is 2.70 bits per heavy atom. The molecule has 0 bridgehead atoms. The number of nitrogens with zero attached hydrogens (tertiary/aromatic N) is 1. The number of aryl methyl sites for hydroxylation is 2. The first-order valence-corrected chi connectivity index (χ1v) is 7.72. The highest BCUT2D eigenvalue weighted by atomic mass is 14.9. The Labute approximate surface area is 119 Å². The third-order valence-electron chi connectivity index (χ3n) is 4.82. The minimum atomic E-state index is 0.372. The molecule has 0 spiro atoms. The van der Waals surface area contributed by atoms with Crippen molar-refractivity contribution >= 4 is 0 Å². The van der Waals surface area contributed by atoms with Gasteiger partial charge in [0.1, 0.15) is 5.82 Å². The van der Waals surface area contributed by atoms with Crippen LogP contribution in [0.4, 0.5) is 0 Å². The largest absolute Gasteiger partial charge is 0.342 e. The van der Waals surface area contributed by atoms with Crippen molar-refractivity contribution in [1.29, 1.82) is 0 Å². The summed E-state index contributed by atoms with van der Waals surface area (Å²) in [5.41, 5.74) is 11.3. The van der Waals surface area contributed by atoms with Gasteiger partial charge in [-0.2, -0.15) is 0 Å². The zero-order valence-electron chi connectivity index (χ0n) is 11.7. The predicted octanol–water partition coefficient (Wildman–Crippen LogP) is 3.16. The quantitative estimate of drug-likeness (QED) is 0.878. The summed E-state index contributed by atoms with van der Waals surface area (Å²) in [6.07, 6.45) is 9.23. The van der Waals surface area contributed by atoms with Crippen LogP contribution < -0.4 is 5.73 Å². The van der Waals surface area contributed by atoms with Crippen LogP contribution in [-0.2, 0) is 12.8 Å². The number of aromatic amines is 1. The molecule has 3 N–H and O–H groups in total. The van der Waals surface area contributed by atoms with Gasteiger partial charge >= 0.3 is 0 Å². The number of hydrogen-bond donors (Lipinski definition) is 2. The first-order valence-electron chi connectivity index (χ1n) is 7.72. The lowest BCUT2D eigenvalue weighted by molar-refractivity contribution is 0.340. The summed E-state index contributed by atoms with van der Waals surface area (Å²) in [6.45, 7) is 0. The maximum absolute atomic E-state index is 5.86. The molecule has 3 heteroatoms. The van der Waals surface area contributed by atoms with Gasteiger partial charge in [-0.15, -0.1) is 0 Å². The summed E-state index contributed by atoms with van der Waals surface area (Å²) in [5.74, 6) is 1.65. The fourth-order valence-corrected chi connectivity index (χ4v) is 3.48. The van der Waals surface area contributed by atoms with Crippen molar-refractivity contribution in [1.82, 2.24) is 9.97 Å². The van der Waals surface area contributed by atoms with Crippen molar-refractivity contribution < 1.29 is 0 Å². The number of nitrogens with two attached hydrogens (primary N) is 1.